The van der Waals surface area contributed by atoms with Crippen molar-refractivity contribution in [2.75, 3.05) is 7.11 Å². The van der Waals surface area contributed by atoms with E-state index < -0.39 is 18.1 Å². The van der Waals surface area contributed by atoms with Gasteiger partial charge < -0.3 is 20.1 Å². The minimum absolute atomic E-state index is 0.00342. The Bertz CT molecular complexity index is 886. The number of methoxy groups -OCH3 is 1. The largest absolute Gasteiger partial charge is 0.467 e. The standard InChI is InChI=1S/C24H31N3O5/c1-5-17(2)21(23(29)31-4)26-22(28)20-11-13-27(14-12-20)16-32-24(30)25-18(3)15-19-9-7-6-8-10-19/h6-14,17-18,21H,5,15-16H2,1-4H3,(H-,25,26,28,30)/p+1/t17-,18-,21-/m0/s1. The third-order valence-electron chi connectivity index (χ3n) is 5.20. The number of nitrogens with one attached hydrogen (secondary N) is 2. The van der Waals surface area contributed by atoms with Gasteiger partial charge in [-0.2, -0.15) is 4.57 Å². The lowest BCUT2D eigenvalue weighted by Gasteiger charge is -2.21. The molecule has 0 fully saturated rings. The van der Waals surface area contributed by atoms with Crippen molar-refractivity contribution in [1.29, 1.82) is 0 Å². The normalized spacial score (nSPS) is 13.4. The summed E-state index contributed by atoms with van der Waals surface area (Å²) in [4.78, 5) is 36.5. The van der Waals surface area contributed by atoms with Gasteiger partial charge in [-0.05, 0) is 24.8 Å². The highest BCUT2D eigenvalue weighted by molar-refractivity contribution is 5.96. The first-order valence-electron chi connectivity index (χ1n) is 10.7. The SMILES string of the molecule is CC[C@H](C)[C@H](NC(=O)c1cc[n+](COC(=O)N[C@@H](C)Cc2ccccc2)cc1)C(=O)OC. The summed E-state index contributed by atoms with van der Waals surface area (Å²) in [6, 6.07) is 12.3. The molecule has 0 saturated heterocycles. The van der Waals surface area contributed by atoms with E-state index >= 15 is 0 Å². The van der Waals surface area contributed by atoms with Crippen molar-refractivity contribution < 1.29 is 28.4 Å². The number of hydrogen-bond acceptors (Lipinski definition) is 5. The van der Waals surface area contributed by atoms with Gasteiger partial charge in [0.2, 0.25) is 0 Å². The summed E-state index contributed by atoms with van der Waals surface area (Å²) < 4.78 is 11.7. The van der Waals surface area contributed by atoms with Crippen LogP contribution in [-0.2, 0) is 27.4 Å². The Morgan fingerprint density at radius 2 is 1.66 bits per heavy atom. The summed E-state index contributed by atoms with van der Waals surface area (Å²) >= 11 is 0. The summed E-state index contributed by atoms with van der Waals surface area (Å²) in [6.07, 6.45) is 4.17. The van der Waals surface area contributed by atoms with Crippen molar-refractivity contribution in [3.8, 4) is 0 Å². The van der Waals surface area contributed by atoms with Crippen LogP contribution in [0.25, 0.3) is 0 Å². The molecule has 0 saturated carbocycles. The number of nitrogens with zero attached hydrogens (tertiary/aromatic N) is 1. The van der Waals surface area contributed by atoms with Gasteiger partial charge in [0.15, 0.2) is 12.4 Å². The second-order valence-electron chi connectivity index (χ2n) is 7.76. The Labute approximate surface area is 188 Å². The van der Waals surface area contributed by atoms with Crippen molar-refractivity contribution in [1.82, 2.24) is 10.6 Å². The fourth-order valence-corrected chi connectivity index (χ4v) is 3.11. The number of amides is 2. The monoisotopic (exact) mass is 442 g/mol. The molecular weight excluding hydrogens is 410 g/mol. The fraction of sp³-hybridized carbons (Fsp3) is 0.417. The highest BCUT2D eigenvalue weighted by atomic mass is 16.6. The quantitative estimate of drug-likeness (QED) is 0.435. The van der Waals surface area contributed by atoms with Gasteiger partial charge in [-0.3, -0.25) is 4.79 Å². The van der Waals surface area contributed by atoms with Gasteiger partial charge in [0.25, 0.3) is 12.6 Å². The van der Waals surface area contributed by atoms with Crippen molar-refractivity contribution in [2.24, 2.45) is 5.92 Å². The third-order valence-corrected chi connectivity index (χ3v) is 5.20. The lowest BCUT2D eigenvalue weighted by molar-refractivity contribution is -0.727. The molecule has 3 atom stereocenters. The van der Waals surface area contributed by atoms with Crippen molar-refractivity contribution in [3.05, 3.63) is 66.0 Å². The minimum Gasteiger partial charge on any atom is -0.467 e. The summed E-state index contributed by atoms with van der Waals surface area (Å²) in [6.45, 7) is 5.74. The number of carbonyl (C=O) groups is 3. The first-order chi connectivity index (χ1) is 15.3. The summed E-state index contributed by atoms with van der Waals surface area (Å²) in [5, 5.41) is 5.53. The van der Waals surface area contributed by atoms with Crippen LogP contribution in [0.15, 0.2) is 54.9 Å². The van der Waals surface area contributed by atoms with Gasteiger partial charge in [-0.25, -0.2) is 9.59 Å². The van der Waals surface area contributed by atoms with Gasteiger partial charge in [0.1, 0.15) is 6.04 Å². The molecule has 8 heteroatoms. The van der Waals surface area contributed by atoms with Gasteiger partial charge >= 0.3 is 12.1 Å². The highest BCUT2D eigenvalue weighted by Gasteiger charge is 2.27. The molecule has 1 aromatic carbocycles. The van der Waals surface area contributed by atoms with Crippen LogP contribution in [0, 0.1) is 5.92 Å². The number of hydrogen-bond donors (Lipinski definition) is 2. The number of carbonyl (C=O) groups excluding carboxylic acids is 3. The Morgan fingerprint density at radius 3 is 2.25 bits per heavy atom. The van der Waals surface area contributed by atoms with E-state index in [1.165, 1.54) is 7.11 Å². The average Bonchev–Trinajstić information content (AvgIpc) is 2.80. The van der Waals surface area contributed by atoms with Crippen LogP contribution in [0.1, 0.15) is 43.1 Å². The molecule has 0 bridgehead atoms. The highest BCUT2D eigenvalue weighted by Crippen LogP contribution is 2.10. The maximum atomic E-state index is 12.5. The zero-order valence-corrected chi connectivity index (χ0v) is 19.0. The summed E-state index contributed by atoms with van der Waals surface area (Å²) in [5.41, 5.74) is 1.52. The Morgan fingerprint density at radius 1 is 1.00 bits per heavy atom. The van der Waals surface area contributed by atoms with Crippen LogP contribution in [0.5, 0.6) is 0 Å². The molecule has 2 aromatic rings. The molecule has 8 nitrogen and oxygen atoms in total. The van der Waals surface area contributed by atoms with Crippen LogP contribution in [0.3, 0.4) is 0 Å². The molecule has 32 heavy (non-hydrogen) atoms. The van der Waals surface area contributed by atoms with E-state index in [4.69, 9.17) is 9.47 Å². The van der Waals surface area contributed by atoms with E-state index in [1.807, 2.05) is 51.1 Å². The lowest BCUT2D eigenvalue weighted by atomic mass is 9.99. The van der Waals surface area contributed by atoms with Crippen molar-refractivity contribution >= 4 is 18.0 Å². The number of benzene rings is 1. The zero-order valence-electron chi connectivity index (χ0n) is 19.0. The fourth-order valence-electron chi connectivity index (χ4n) is 3.11. The van der Waals surface area contributed by atoms with E-state index in [-0.39, 0.29) is 24.6 Å². The Kier molecular flexibility index (Phi) is 9.66. The topological polar surface area (TPSA) is 97.6 Å². The molecular formula is C24H32N3O5+. The van der Waals surface area contributed by atoms with E-state index in [9.17, 15) is 14.4 Å². The third kappa shape index (κ3) is 7.68. The first kappa shape index (κ1) is 24.8. The van der Waals surface area contributed by atoms with Crippen LogP contribution >= 0.6 is 0 Å². The predicted octanol–water partition coefficient (Wildman–Crippen LogP) is 2.61. The van der Waals surface area contributed by atoms with Crippen LogP contribution in [0.2, 0.25) is 0 Å². The Hall–Kier alpha value is -3.42. The van der Waals surface area contributed by atoms with Gasteiger partial charge in [0, 0.05) is 18.2 Å². The van der Waals surface area contributed by atoms with Gasteiger partial charge in [-0.15, -0.1) is 0 Å². The number of pyridine rings is 1. The van der Waals surface area contributed by atoms with E-state index in [0.717, 1.165) is 12.0 Å². The molecule has 0 spiro atoms. The molecule has 2 amide bonds. The molecule has 0 unspecified atom stereocenters. The summed E-state index contributed by atoms with van der Waals surface area (Å²) in [5.74, 6) is -0.905. The maximum absolute atomic E-state index is 12.5. The molecule has 2 rings (SSSR count). The van der Waals surface area contributed by atoms with Gasteiger partial charge in [-0.1, -0.05) is 50.6 Å². The molecule has 0 aliphatic carbocycles. The predicted molar refractivity (Wildman–Crippen MR) is 119 cm³/mol. The second kappa shape index (κ2) is 12.4. The number of aromatic nitrogens is 1. The Balaban J connectivity index is 1.84. The second-order valence-corrected chi connectivity index (χ2v) is 7.76. The molecule has 1 aromatic heterocycles. The molecule has 0 radical (unpaired) electrons. The molecule has 0 aliphatic rings. The molecule has 172 valence electrons. The minimum atomic E-state index is -0.713. The first-order valence-corrected chi connectivity index (χ1v) is 10.7. The van der Waals surface area contributed by atoms with E-state index in [2.05, 4.69) is 10.6 Å². The number of rotatable bonds is 10. The number of ether oxygens (including phenoxy) is 2. The number of esters is 1. The van der Waals surface area contributed by atoms with Crippen LogP contribution < -0.4 is 15.2 Å². The van der Waals surface area contributed by atoms with Crippen molar-refractivity contribution in [3.63, 3.8) is 0 Å². The van der Waals surface area contributed by atoms with Crippen molar-refractivity contribution in [2.45, 2.75) is 52.4 Å². The maximum Gasteiger partial charge on any atom is 0.412 e. The molecule has 0 aliphatic heterocycles. The molecule has 1 heterocycles. The van der Waals surface area contributed by atoms with E-state index in [1.54, 1.807) is 29.1 Å². The van der Waals surface area contributed by atoms with Gasteiger partial charge in [0.05, 0.1) is 12.7 Å². The van der Waals surface area contributed by atoms with Crippen LogP contribution in [-0.4, -0.2) is 37.2 Å². The molecule has 2 N–H and O–H groups in total. The average molecular weight is 443 g/mol. The summed E-state index contributed by atoms with van der Waals surface area (Å²) in [7, 11) is 1.30. The lowest BCUT2D eigenvalue weighted by Crippen LogP contribution is -2.46. The zero-order chi connectivity index (χ0) is 23.5. The number of alkyl carbamates (subject to hydrolysis) is 1. The van der Waals surface area contributed by atoms with Crippen LogP contribution in [0.4, 0.5) is 4.79 Å². The smallest absolute Gasteiger partial charge is 0.412 e. The van der Waals surface area contributed by atoms with E-state index in [0.29, 0.717) is 12.0 Å².